The SMILES string of the molecule is COCc1cc(C)c2c(n1)N=C(C1=NC=CCC=C1C(F)(F)F)CC=C2. The molecule has 0 radical (unpaired) electrons. The quantitative estimate of drug-likeness (QED) is 0.771. The molecule has 0 aromatic carbocycles. The van der Waals surface area contributed by atoms with E-state index in [2.05, 4.69) is 15.0 Å². The third-order valence-electron chi connectivity index (χ3n) is 4.03. The summed E-state index contributed by atoms with van der Waals surface area (Å²) in [5, 5.41) is 0. The van der Waals surface area contributed by atoms with Gasteiger partial charge in [-0.2, -0.15) is 13.2 Å². The van der Waals surface area contributed by atoms with E-state index in [4.69, 9.17) is 4.74 Å². The average molecular weight is 361 g/mol. The number of allylic oxidation sites excluding steroid dienone is 4. The van der Waals surface area contributed by atoms with E-state index in [1.165, 1.54) is 6.20 Å². The van der Waals surface area contributed by atoms with Crippen molar-refractivity contribution in [3.8, 4) is 0 Å². The number of nitrogens with zero attached hydrogens (tertiary/aromatic N) is 3. The molecule has 2 aliphatic heterocycles. The van der Waals surface area contributed by atoms with Crippen LogP contribution >= 0.6 is 0 Å². The lowest BCUT2D eigenvalue weighted by atomic mass is 10.0. The van der Waals surface area contributed by atoms with Crippen LogP contribution in [-0.4, -0.2) is 29.7 Å². The van der Waals surface area contributed by atoms with Crippen LogP contribution in [0.1, 0.15) is 29.7 Å². The van der Waals surface area contributed by atoms with Crippen molar-refractivity contribution in [3.05, 3.63) is 52.9 Å². The lowest BCUT2D eigenvalue weighted by Crippen LogP contribution is -2.26. The van der Waals surface area contributed by atoms with Crippen LogP contribution in [0, 0.1) is 6.92 Å². The Hall–Kier alpha value is -2.54. The number of pyridine rings is 1. The summed E-state index contributed by atoms with van der Waals surface area (Å²) in [5.41, 5.74) is 1.75. The molecule has 1 aromatic heterocycles. The molecule has 3 heterocycles. The predicted octanol–water partition coefficient (Wildman–Crippen LogP) is 4.87. The molecule has 0 N–H and O–H groups in total. The number of aliphatic imine (C=N–C) groups is 2. The van der Waals surface area contributed by atoms with Crippen LogP contribution in [0.15, 0.2) is 46.1 Å². The van der Waals surface area contributed by atoms with Gasteiger partial charge in [0.25, 0.3) is 0 Å². The molecule has 0 saturated carbocycles. The van der Waals surface area contributed by atoms with Gasteiger partial charge in [0.15, 0.2) is 5.82 Å². The third kappa shape index (κ3) is 3.83. The van der Waals surface area contributed by atoms with Gasteiger partial charge in [-0.3, -0.25) is 4.99 Å². The standard InChI is InChI=1S/C19H18F3N3O/c1-12-10-13(11-26-2)24-18-14(12)6-5-8-16(25-18)17-15(19(20,21)22)7-3-4-9-23-17/h4-7,9-10H,3,8,11H2,1-2H3. The molecular weight excluding hydrogens is 343 g/mol. The fourth-order valence-corrected chi connectivity index (χ4v) is 2.88. The highest BCUT2D eigenvalue weighted by Crippen LogP contribution is 2.32. The number of hydrogen-bond donors (Lipinski definition) is 0. The summed E-state index contributed by atoms with van der Waals surface area (Å²) in [6.07, 6.45) is 3.68. The summed E-state index contributed by atoms with van der Waals surface area (Å²) in [6, 6.07) is 1.89. The second-order valence-electron chi connectivity index (χ2n) is 5.98. The molecule has 0 amide bonds. The van der Waals surface area contributed by atoms with E-state index >= 15 is 0 Å². The number of alkyl halides is 3. The van der Waals surface area contributed by atoms with Crippen LogP contribution < -0.4 is 0 Å². The van der Waals surface area contributed by atoms with Gasteiger partial charge in [0.2, 0.25) is 0 Å². The highest BCUT2D eigenvalue weighted by atomic mass is 19.4. The van der Waals surface area contributed by atoms with E-state index in [1.54, 1.807) is 19.3 Å². The van der Waals surface area contributed by atoms with E-state index in [0.29, 0.717) is 18.1 Å². The monoisotopic (exact) mass is 361 g/mol. The molecule has 7 heteroatoms. The number of hydrogen-bond acceptors (Lipinski definition) is 4. The fourth-order valence-electron chi connectivity index (χ4n) is 2.88. The van der Waals surface area contributed by atoms with Gasteiger partial charge < -0.3 is 4.74 Å². The zero-order valence-corrected chi connectivity index (χ0v) is 14.5. The molecule has 2 aliphatic rings. The van der Waals surface area contributed by atoms with Crippen LogP contribution in [0.5, 0.6) is 0 Å². The van der Waals surface area contributed by atoms with Crippen molar-refractivity contribution in [3.63, 3.8) is 0 Å². The first kappa shape index (κ1) is 18.3. The zero-order valence-electron chi connectivity index (χ0n) is 14.5. The Bertz CT molecular complexity index is 862. The third-order valence-corrected chi connectivity index (χ3v) is 4.03. The molecule has 3 rings (SSSR count). The molecule has 0 unspecified atom stereocenters. The summed E-state index contributed by atoms with van der Waals surface area (Å²) >= 11 is 0. The van der Waals surface area contributed by atoms with E-state index in [9.17, 15) is 13.2 Å². The zero-order chi connectivity index (χ0) is 18.7. The van der Waals surface area contributed by atoms with Crippen LogP contribution in [0.4, 0.5) is 19.0 Å². The topological polar surface area (TPSA) is 46.8 Å². The Morgan fingerprint density at radius 3 is 2.77 bits per heavy atom. The first-order valence-corrected chi connectivity index (χ1v) is 8.14. The Morgan fingerprint density at radius 1 is 1.23 bits per heavy atom. The van der Waals surface area contributed by atoms with Crippen LogP contribution in [-0.2, 0) is 11.3 Å². The van der Waals surface area contributed by atoms with Crippen molar-refractivity contribution >= 4 is 23.3 Å². The highest BCUT2D eigenvalue weighted by Gasteiger charge is 2.38. The molecule has 0 atom stereocenters. The van der Waals surface area contributed by atoms with Crippen molar-refractivity contribution in [2.75, 3.05) is 7.11 Å². The lowest BCUT2D eigenvalue weighted by Gasteiger charge is -2.14. The van der Waals surface area contributed by atoms with E-state index in [1.807, 2.05) is 19.1 Å². The maximum Gasteiger partial charge on any atom is 0.418 e. The molecule has 0 spiro atoms. The van der Waals surface area contributed by atoms with Crippen molar-refractivity contribution < 1.29 is 17.9 Å². The van der Waals surface area contributed by atoms with Crippen molar-refractivity contribution in [1.82, 2.24) is 4.98 Å². The van der Waals surface area contributed by atoms with Gasteiger partial charge >= 0.3 is 6.18 Å². The summed E-state index contributed by atoms with van der Waals surface area (Å²) in [5.74, 6) is 0.387. The van der Waals surface area contributed by atoms with Crippen molar-refractivity contribution in [1.29, 1.82) is 0 Å². The minimum Gasteiger partial charge on any atom is -0.378 e. The van der Waals surface area contributed by atoms with Gasteiger partial charge in [-0.15, -0.1) is 0 Å². The van der Waals surface area contributed by atoms with E-state index in [-0.39, 0.29) is 24.3 Å². The van der Waals surface area contributed by atoms with E-state index < -0.39 is 11.7 Å². The van der Waals surface area contributed by atoms with Crippen molar-refractivity contribution in [2.45, 2.75) is 32.5 Å². The van der Waals surface area contributed by atoms with Gasteiger partial charge in [0, 0.05) is 25.3 Å². The largest absolute Gasteiger partial charge is 0.418 e. The predicted molar refractivity (Wildman–Crippen MR) is 95.8 cm³/mol. The average Bonchev–Trinajstić information content (AvgIpc) is 2.92. The number of aryl methyl sites for hydroxylation is 1. The Morgan fingerprint density at radius 2 is 2.04 bits per heavy atom. The maximum atomic E-state index is 13.5. The van der Waals surface area contributed by atoms with Gasteiger partial charge in [-0.1, -0.05) is 24.3 Å². The molecule has 4 nitrogen and oxygen atoms in total. The number of methoxy groups -OCH3 is 1. The van der Waals surface area contributed by atoms with Gasteiger partial charge in [-0.05, 0) is 25.0 Å². The second-order valence-corrected chi connectivity index (χ2v) is 5.98. The molecule has 0 bridgehead atoms. The Labute approximate surface area is 149 Å². The van der Waals surface area contributed by atoms with Gasteiger partial charge in [0.05, 0.1) is 29.3 Å². The van der Waals surface area contributed by atoms with Crippen molar-refractivity contribution in [2.24, 2.45) is 9.98 Å². The molecular formula is C19H18F3N3O. The molecule has 0 aliphatic carbocycles. The molecule has 0 fully saturated rings. The first-order valence-electron chi connectivity index (χ1n) is 8.14. The number of ether oxygens (including phenoxy) is 1. The van der Waals surface area contributed by atoms with Gasteiger partial charge in [0.1, 0.15) is 0 Å². The maximum absolute atomic E-state index is 13.5. The summed E-state index contributed by atoms with van der Waals surface area (Å²) < 4.78 is 45.5. The lowest BCUT2D eigenvalue weighted by molar-refractivity contribution is -0.0860. The first-order chi connectivity index (χ1) is 12.4. The number of aromatic nitrogens is 1. The number of fused-ring (bicyclic) bond motifs is 1. The molecule has 26 heavy (non-hydrogen) atoms. The van der Waals surface area contributed by atoms with Crippen LogP contribution in [0.2, 0.25) is 0 Å². The number of halogens is 3. The Balaban J connectivity index is 2.11. The minimum absolute atomic E-state index is 0.152. The smallest absolute Gasteiger partial charge is 0.378 e. The van der Waals surface area contributed by atoms with E-state index in [0.717, 1.165) is 17.2 Å². The minimum atomic E-state index is -4.49. The molecule has 0 saturated heterocycles. The van der Waals surface area contributed by atoms with Gasteiger partial charge in [-0.25, -0.2) is 9.98 Å². The summed E-state index contributed by atoms with van der Waals surface area (Å²) in [6.45, 7) is 2.22. The molecule has 136 valence electrons. The summed E-state index contributed by atoms with van der Waals surface area (Å²) in [4.78, 5) is 12.9. The summed E-state index contributed by atoms with van der Waals surface area (Å²) in [7, 11) is 1.56. The normalized spacial score (nSPS) is 17.0. The highest BCUT2D eigenvalue weighted by molar-refractivity contribution is 6.49. The van der Waals surface area contributed by atoms with Crippen LogP contribution in [0.25, 0.3) is 6.08 Å². The number of rotatable bonds is 3. The van der Waals surface area contributed by atoms with Crippen LogP contribution in [0.3, 0.4) is 0 Å². The molecule has 1 aromatic rings. The second kappa shape index (κ2) is 7.37. The Kier molecular flexibility index (Phi) is 5.18. The fraction of sp³-hybridized carbons (Fsp3) is 0.316.